The number of benzene rings is 2. The Morgan fingerprint density at radius 1 is 0.891 bits per heavy atom. The Bertz CT molecular complexity index is 1610. The van der Waals surface area contributed by atoms with Crippen LogP contribution in [0.3, 0.4) is 0 Å². The van der Waals surface area contributed by atoms with Crippen molar-refractivity contribution in [3.63, 3.8) is 0 Å². The highest BCUT2D eigenvalue weighted by molar-refractivity contribution is 5.97. The third-order valence-corrected chi connectivity index (χ3v) is 5.56. The fraction of sp³-hybridized carbons (Fsp3) is 0.167. The zero-order valence-electron chi connectivity index (χ0n) is 23.8. The van der Waals surface area contributed by atoms with Crippen LogP contribution in [0.4, 0.5) is 26.3 Å². The average Bonchev–Trinajstić information content (AvgIpc) is 3.42. The minimum atomic E-state index is -5.08. The summed E-state index contributed by atoms with van der Waals surface area (Å²) < 4.78 is 70.8. The van der Waals surface area contributed by atoms with Gasteiger partial charge in [0.05, 0.1) is 24.1 Å². The molecule has 0 unspecified atom stereocenters. The number of nitrogens with zero attached hydrogens (tertiary/aromatic N) is 3. The number of nitrogens with two attached hydrogens (primary N) is 1. The molecule has 0 saturated heterocycles. The number of alkyl halides is 6. The van der Waals surface area contributed by atoms with Gasteiger partial charge in [0.1, 0.15) is 0 Å². The molecule has 0 bridgehead atoms. The van der Waals surface area contributed by atoms with Crippen LogP contribution in [0, 0.1) is 0 Å². The molecule has 2 aromatic carbocycles. The largest absolute Gasteiger partial charge is 0.490 e. The first-order valence-corrected chi connectivity index (χ1v) is 12.9. The van der Waals surface area contributed by atoms with Crippen molar-refractivity contribution in [2.24, 2.45) is 10.9 Å². The SMILES string of the molecule is CCOC(=O)c1cn(Cc2cccc(C=NN)c2)cc1-c1ccc(-c2ccccn2)cc1.O=C(O)C(F)(F)F.O=C(O)C(F)(F)F. The highest BCUT2D eigenvalue weighted by Gasteiger charge is 2.38. The molecule has 2 aromatic heterocycles. The molecule has 0 saturated carbocycles. The third kappa shape index (κ3) is 11.4. The van der Waals surface area contributed by atoms with E-state index in [9.17, 15) is 31.1 Å². The van der Waals surface area contributed by atoms with Gasteiger partial charge in [0, 0.05) is 36.3 Å². The Labute approximate surface area is 257 Å². The Morgan fingerprint density at radius 2 is 1.48 bits per heavy atom. The molecule has 0 spiro atoms. The van der Waals surface area contributed by atoms with Gasteiger partial charge in [-0.25, -0.2) is 14.4 Å². The van der Waals surface area contributed by atoms with Crippen LogP contribution in [0.25, 0.3) is 22.4 Å². The lowest BCUT2D eigenvalue weighted by Crippen LogP contribution is -2.21. The summed E-state index contributed by atoms with van der Waals surface area (Å²) in [6.07, 6.45) is -2.97. The topological polar surface area (TPSA) is 157 Å². The van der Waals surface area contributed by atoms with E-state index >= 15 is 0 Å². The number of ether oxygens (including phenoxy) is 1. The monoisotopic (exact) mass is 652 g/mol. The lowest BCUT2D eigenvalue weighted by atomic mass is 10.0. The summed E-state index contributed by atoms with van der Waals surface area (Å²) in [5.41, 5.74) is 6.23. The molecular weight excluding hydrogens is 626 g/mol. The second-order valence-corrected chi connectivity index (χ2v) is 8.90. The number of hydrazone groups is 1. The van der Waals surface area contributed by atoms with Gasteiger partial charge < -0.3 is 25.4 Å². The number of carboxylic acid groups (broad SMARTS) is 2. The molecule has 2 heterocycles. The lowest BCUT2D eigenvalue weighted by molar-refractivity contribution is -0.193. The number of esters is 1. The van der Waals surface area contributed by atoms with Gasteiger partial charge in [-0.1, -0.05) is 48.5 Å². The van der Waals surface area contributed by atoms with Crippen LogP contribution in [-0.4, -0.2) is 62.8 Å². The average molecular weight is 653 g/mol. The predicted molar refractivity (Wildman–Crippen MR) is 154 cm³/mol. The van der Waals surface area contributed by atoms with Crippen LogP contribution in [-0.2, 0) is 20.9 Å². The van der Waals surface area contributed by atoms with E-state index in [0.29, 0.717) is 18.7 Å². The number of carboxylic acids is 2. The molecular formula is C30H26F6N4O6. The summed E-state index contributed by atoms with van der Waals surface area (Å²) in [7, 11) is 0. The molecule has 0 fully saturated rings. The van der Waals surface area contributed by atoms with Crippen molar-refractivity contribution in [1.29, 1.82) is 0 Å². The van der Waals surface area contributed by atoms with E-state index in [-0.39, 0.29) is 5.97 Å². The number of aromatic nitrogens is 2. The fourth-order valence-corrected chi connectivity index (χ4v) is 3.62. The second kappa shape index (κ2) is 16.4. The van der Waals surface area contributed by atoms with Crippen molar-refractivity contribution < 1.29 is 55.7 Å². The van der Waals surface area contributed by atoms with E-state index in [2.05, 4.69) is 10.1 Å². The van der Waals surface area contributed by atoms with Gasteiger partial charge in [-0.15, -0.1) is 0 Å². The zero-order valence-corrected chi connectivity index (χ0v) is 23.8. The molecule has 46 heavy (non-hydrogen) atoms. The Morgan fingerprint density at radius 3 is 1.98 bits per heavy atom. The highest BCUT2D eigenvalue weighted by atomic mass is 19.4. The summed E-state index contributed by atoms with van der Waals surface area (Å²) >= 11 is 0. The maximum atomic E-state index is 12.7. The fourth-order valence-electron chi connectivity index (χ4n) is 3.62. The number of hydrogen-bond acceptors (Lipinski definition) is 7. The molecule has 4 aromatic rings. The van der Waals surface area contributed by atoms with E-state index in [1.165, 1.54) is 0 Å². The number of hydrogen-bond donors (Lipinski definition) is 3. The Hall–Kier alpha value is -5.67. The first-order valence-electron chi connectivity index (χ1n) is 12.9. The van der Waals surface area contributed by atoms with Crippen molar-refractivity contribution >= 4 is 24.1 Å². The van der Waals surface area contributed by atoms with Crippen LogP contribution < -0.4 is 5.84 Å². The molecule has 4 rings (SSSR count). The smallest absolute Gasteiger partial charge is 0.475 e. The predicted octanol–water partition coefficient (Wildman–Crippen LogP) is 6.00. The summed E-state index contributed by atoms with van der Waals surface area (Å²) in [5.74, 6) is -0.579. The maximum Gasteiger partial charge on any atom is 0.490 e. The third-order valence-electron chi connectivity index (χ3n) is 5.56. The molecule has 10 nitrogen and oxygen atoms in total. The van der Waals surface area contributed by atoms with Crippen LogP contribution in [0.5, 0.6) is 0 Å². The standard InChI is InChI=1S/C26H24N4O2.2C2HF3O2/c1-2-32-26(31)24-18-30(16-20-7-5-6-19(14-20)15-29-27)17-23(24)21-9-11-22(12-10-21)25-8-3-4-13-28-25;2*3-2(4,5)1(6)7/h3-15,17-18H,2,16,27H2,1H3;2*(H,6,7). The molecule has 0 radical (unpaired) electrons. The van der Waals surface area contributed by atoms with Gasteiger partial charge in [0.25, 0.3) is 0 Å². The molecule has 16 heteroatoms. The van der Waals surface area contributed by atoms with Crippen molar-refractivity contribution in [3.05, 3.63) is 102 Å². The number of aliphatic carboxylic acids is 2. The lowest BCUT2D eigenvalue weighted by Gasteiger charge is -2.06. The number of halogens is 6. The van der Waals surface area contributed by atoms with Gasteiger partial charge in [-0.2, -0.15) is 31.4 Å². The number of carbonyl (C=O) groups is 3. The van der Waals surface area contributed by atoms with Crippen LogP contribution in [0.15, 0.2) is 90.4 Å². The van der Waals surface area contributed by atoms with Gasteiger partial charge in [-0.3, -0.25) is 4.98 Å². The molecule has 0 amide bonds. The summed E-state index contributed by atoms with van der Waals surface area (Å²) in [6.45, 7) is 2.73. The van der Waals surface area contributed by atoms with Crippen molar-refractivity contribution in [1.82, 2.24) is 9.55 Å². The molecule has 0 aliphatic rings. The first kappa shape index (κ1) is 36.5. The molecule has 0 atom stereocenters. The number of carbonyl (C=O) groups excluding carboxylic acids is 1. The number of pyridine rings is 1. The molecule has 0 aliphatic heterocycles. The van der Waals surface area contributed by atoms with Crippen molar-refractivity contribution in [3.8, 4) is 22.4 Å². The van der Waals surface area contributed by atoms with E-state index in [0.717, 1.165) is 33.5 Å². The van der Waals surface area contributed by atoms with Gasteiger partial charge in [-0.05, 0) is 41.8 Å². The van der Waals surface area contributed by atoms with Crippen LogP contribution >= 0.6 is 0 Å². The quantitative estimate of drug-likeness (QED) is 0.0721. The summed E-state index contributed by atoms with van der Waals surface area (Å²) in [4.78, 5) is 34.8. The van der Waals surface area contributed by atoms with Gasteiger partial charge >= 0.3 is 30.3 Å². The normalized spacial score (nSPS) is 11.1. The molecule has 244 valence electrons. The van der Waals surface area contributed by atoms with Crippen molar-refractivity contribution in [2.45, 2.75) is 25.8 Å². The van der Waals surface area contributed by atoms with Crippen molar-refractivity contribution in [2.75, 3.05) is 6.61 Å². The van der Waals surface area contributed by atoms with E-state index < -0.39 is 24.3 Å². The van der Waals surface area contributed by atoms with Gasteiger partial charge in [0.2, 0.25) is 0 Å². The highest BCUT2D eigenvalue weighted by Crippen LogP contribution is 2.28. The summed E-state index contributed by atoms with van der Waals surface area (Å²) in [5, 5.41) is 17.8. The molecule has 4 N–H and O–H groups in total. The first-order chi connectivity index (χ1) is 21.6. The van der Waals surface area contributed by atoms with E-state index in [4.69, 9.17) is 30.4 Å². The second-order valence-electron chi connectivity index (χ2n) is 8.90. The Balaban J connectivity index is 0.000000440. The van der Waals surface area contributed by atoms with Crippen LogP contribution in [0.1, 0.15) is 28.4 Å². The van der Waals surface area contributed by atoms with Crippen LogP contribution in [0.2, 0.25) is 0 Å². The Kier molecular flexibility index (Phi) is 13.0. The van der Waals surface area contributed by atoms with Gasteiger partial charge in [0.15, 0.2) is 0 Å². The number of rotatable bonds is 7. The minimum Gasteiger partial charge on any atom is -0.475 e. The molecule has 0 aliphatic carbocycles. The van der Waals surface area contributed by atoms with E-state index in [1.54, 1.807) is 19.3 Å². The minimum absolute atomic E-state index is 0.322. The zero-order chi connectivity index (χ0) is 34.5. The van der Waals surface area contributed by atoms with E-state index in [1.807, 2.05) is 83.7 Å². The maximum absolute atomic E-state index is 12.7. The summed E-state index contributed by atoms with van der Waals surface area (Å²) in [6, 6.07) is 21.8.